The van der Waals surface area contributed by atoms with Gasteiger partial charge < -0.3 is 18.9 Å². The fourth-order valence-corrected chi connectivity index (χ4v) is 1.95. The van der Waals surface area contributed by atoms with Gasteiger partial charge in [0.1, 0.15) is 18.8 Å². The molecular formula is C15H20O5. The molecule has 20 heavy (non-hydrogen) atoms. The number of rotatable bonds is 6. The van der Waals surface area contributed by atoms with E-state index in [9.17, 15) is 4.79 Å². The molecule has 1 aliphatic rings. The Hall–Kier alpha value is -1.43. The van der Waals surface area contributed by atoms with Crippen LogP contribution in [-0.4, -0.2) is 44.6 Å². The van der Waals surface area contributed by atoms with E-state index in [4.69, 9.17) is 18.9 Å². The number of hydrogen-bond acceptors (Lipinski definition) is 5. The Bertz CT molecular complexity index is 406. The molecule has 2 rings (SSSR count). The largest absolute Gasteiger partial charge is 0.463 e. The van der Waals surface area contributed by atoms with E-state index in [0.717, 1.165) is 5.56 Å². The summed E-state index contributed by atoms with van der Waals surface area (Å²) in [6.45, 7) is 3.57. The van der Waals surface area contributed by atoms with E-state index in [0.29, 0.717) is 26.4 Å². The molecule has 2 atom stereocenters. The van der Waals surface area contributed by atoms with Crippen molar-refractivity contribution in [1.29, 1.82) is 0 Å². The molecule has 0 aliphatic carbocycles. The molecule has 1 heterocycles. The zero-order valence-electron chi connectivity index (χ0n) is 11.6. The minimum Gasteiger partial charge on any atom is -0.463 e. The van der Waals surface area contributed by atoms with Crippen LogP contribution in [0.5, 0.6) is 0 Å². The van der Waals surface area contributed by atoms with E-state index in [1.807, 2.05) is 30.3 Å². The highest BCUT2D eigenvalue weighted by atomic mass is 16.6. The Labute approximate surface area is 118 Å². The summed E-state index contributed by atoms with van der Waals surface area (Å²) >= 11 is 0. The van der Waals surface area contributed by atoms with Gasteiger partial charge in [-0.25, -0.2) is 0 Å². The second-order valence-corrected chi connectivity index (χ2v) is 4.72. The molecule has 0 aromatic heterocycles. The number of hydrogen-bond donors (Lipinski definition) is 0. The lowest BCUT2D eigenvalue weighted by molar-refractivity contribution is -0.179. The van der Waals surface area contributed by atoms with Gasteiger partial charge >= 0.3 is 5.97 Å². The maximum absolute atomic E-state index is 10.8. The van der Waals surface area contributed by atoms with Crippen LogP contribution in [0.1, 0.15) is 12.5 Å². The molecule has 1 aromatic rings. The topological polar surface area (TPSA) is 54.0 Å². The molecule has 0 saturated carbocycles. The van der Waals surface area contributed by atoms with Crippen LogP contribution in [0.15, 0.2) is 30.3 Å². The molecule has 1 aliphatic heterocycles. The predicted octanol–water partition coefficient (Wildman–Crippen LogP) is 1.55. The first kappa shape index (κ1) is 15.0. The Morgan fingerprint density at radius 1 is 1.20 bits per heavy atom. The van der Waals surface area contributed by atoms with Crippen LogP contribution in [0.2, 0.25) is 0 Å². The molecule has 0 radical (unpaired) electrons. The zero-order chi connectivity index (χ0) is 14.2. The van der Waals surface area contributed by atoms with Crippen LogP contribution in [0.25, 0.3) is 0 Å². The lowest BCUT2D eigenvalue weighted by atomic mass is 10.2. The highest BCUT2D eigenvalue weighted by Crippen LogP contribution is 2.10. The standard InChI is InChI=1S/C15H20O5/c1-12(16)19-11-15-10-18-9-14(20-15)8-17-7-13-5-3-2-4-6-13/h2-6,14-15H,7-11H2,1H3/t14-,15-/m1/s1. The molecule has 5 heteroatoms. The van der Waals surface area contributed by atoms with Crippen molar-refractivity contribution in [1.82, 2.24) is 0 Å². The minimum absolute atomic E-state index is 0.118. The molecular weight excluding hydrogens is 260 g/mol. The van der Waals surface area contributed by atoms with Gasteiger partial charge in [0, 0.05) is 6.92 Å². The first-order valence-electron chi connectivity index (χ1n) is 6.72. The number of carbonyl (C=O) groups is 1. The molecule has 0 amide bonds. The smallest absolute Gasteiger partial charge is 0.302 e. The molecule has 0 spiro atoms. The Balaban J connectivity index is 1.66. The molecule has 1 aromatic carbocycles. The van der Waals surface area contributed by atoms with E-state index in [2.05, 4.69) is 0 Å². The van der Waals surface area contributed by atoms with Gasteiger partial charge in [-0.1, -0.05) is 30.3 Å². The van der Waals surface area contributed by atoms with Crippen molar-refractivity contribution in [2.75, 3.05) is 26.4 Å². The van der Waals surface area contributed by atoms with Gasteiger partial charge in [0.15, 0.2) is 0 Å². The van der Waals surface area contributed by atoms with E-state index >= 15 is 0 Å². The first-order chi connectivity index (χ1) is 9.74. The summed E-state index contributed by atoms with van der Waals surface area (Å²) in [5.41, 5.74) is 1.13. The molecule has 110 valence electrons. The van der Waals surface area contributed by atoms with Gasteiger partial charge in [0.05, 0.1) is 26.4 Å². The van der Waals surface area contributed by atoms with Crippen LogP contribution in [0.4, 0.5) is 0 Å². The summed E-state index contributed by atoms with van der Waals surface area (Å²) in [7, 11) is 0. The monoisotopic (exact) mass is 280 g/mol. The van der Waals surface area contributed by atoms with Crippen molar-refractivity contribution >= 4 is 5.97 Å². The third-order valence-corrected chi connectivity index (χ3v) is 2.88. The van der Waals surface area contributed by atoms with E-state index < -0.39 is 0 Å². The highest BCUT2D eigenvalue weighted by molar-refractivity contribution is 5.65. The summed E-state index contributed by atoms with van der Waals surface area (Å²) < 4.78 is 21.7. The van der Waals surface area contributed by atoms with Gasteiger partial charge in [-0.3, -0.25) is 4.79 Å². The second-order valence-electron chi connectivity index (χ2n) is 4.72. The van der Waals surface area contributed by atoms with Crippen molar-refractivity contribution in [2.24, 2.45) is 0 Å². The van der Waals surface area contributed by atoms with Gasteiger partial charge in [-0.2, -0.15) is 0 Å². The van der Waals surface area contributed by atoms with Crippen LogP contribution < -0.4 is 0 Å². The summed E-state index contributed by atoms with van der Waals surface area (Å²) in [5.74, 6) is -0.309. The van der Waals surface area contributed by atoms with E-state index in [1.165, 1.54) is 6.92 Å². The SMILES string of the molecule is CC(=O)OC[C@H]1COC[C@@H](COCc2ccccc2)O1. The van der Waals surface area contributed by atoms with Gasteiger partial charge in [0.25, 0.3) is 0 Å². The Morgan fingerprint density at radius 2 is 1.90 bits per heavy atom. The average molecular weight is 280 g/mol. The molecule has 1 saturated heterocycles. The Kier molecular flexibility index (Phi) is 5.98. The van der Waals surface area contributed by atoms with Gasteiger partial charge in [0.2, 0.25) is 0 Å². The second kappa shape index (κ2) is 7.99. The van der Waals surface area contributed by atoms with Crippen molar-refractivity contribution in [3.8, 4) is 0 Å². The van der Waals surface area contributed by atoms with E-state index in [1.54, 1.807) is 0 Å². The molecule has 0 N–H and O–H groups in total. The average Bonchev–Trinajstić information content (AvgIpc) is 2.47. The highest BCUT2D eigenvalue weighted by Gasteiger charge is 2.24. The Morgan fingerprint density at radius 3 is 2.60 bits per heavy atom. The lowest BCUT2D eigenvalue weighted by Gasteiger charge is -2.29. The molecule has 0 unspecified atom stereocenters. The fourth-order valence-electron chi connectivity index (χ4n) is 1.95. The third kappa shape index (κ3) is 5.28. The normalized spacial score (nSPS) is 22.4. The molecule has 1 fully saturated rings. The lowest BCUT2D eigenvalue weighted by Crippen LogP contribution is -2.41. The van der Waals surface area contributed by atoms with Crippen molar-refractivity contribution < 1.29 is 23.7 Å². The molecule has 0 bridgehead atoms. The maximum atomic E-state index is 10.8. The quantitative estimate of drug-likeness (QED) is 0.740. The zero-order valence-corrected chi connectivity index (χ0v) is 11.6. The summed E-state index contributed by atoms with van der Waals surface area (Å²) in [6.07, 6.45) is -0.328. The predicted molar refractivity (Wildman–Crippen MR) is 72.2 cm³/mol. The third-order valence-electron chi connectivity index (χ3n) is 2.88. The van der Waals surface area contributed by atoms with Crippen LogP contribution in [0, 0.1) is 0 Å². The summed E-state index contributed by atoms with van der Waals surface area (Å²) in [5, 5.41) is 0. The van der Waals surface area contributed by atoms with Crippen LogP contribution in [0.3, 0.4) is 0 Å². The number of ether oxygens (including phenoxy) is 4. The molecule has 5 nitrogen and oxygen atoms in total. The summed E-state index contributed by atoms with van der Waals surface area (Å²) in [6, 6.07) is 9.97. The summed E-state index contributed by atoms with van der Waals surface area (Å²) in [4.78, 5) is 10.8. The van der Waals surface area contributed by atoms with Crippen molar-refractivity contribution in [3.63, 3.8) is 0 Å². The maximum Gasteiger partial charge on any atom is 0.302 e. The minimum atomic E-state index is -0.309. The van der Waals surface area contributed by atoms with Gasteiger partial charge in [-0.05, 0) is 5.56 Å². The van der Waals surface area contributed by atoms with Crippen molar-refractivity contribution in [3.05, 3.63) is 35.9 Å². The van der Waals surface area contributed by atoms with Gasteiger partial charge in [-0.15, -0.1) is 0 Å². The first-order valence-corrected chi connectivity index (χ1v) is 6.72. The number of carbonyl (C=O) groups excluding carboxylic acids is 1. The van der Waals surface area contributed by atoms with Crippen molar-refractivity contribution in [2.45, 2.75) is 25.7 Å². The number of esters is 1. The number of benzene rings is 1. The van der Waals surface area contributed by atoms with E-state index in [-0.39, 0.29) is 24.8 Å². The van der Waals surface area contributed by atoms with Crippen LogP contribution in [-0.2, 0) is 30.3 Å². The van der Waals surface area contributed by atoms with Crippen LogP contribution >= 0.6 is 0 Å². The fraction of sp³-hybridized carbons (Fsp3) is 0.533.